The molecule has 21 heavy (non-hydrogen) atoms. The Hall–Kier alpha value is -1.34. The van der Waals surface area contributed by atoms with Crippen LogP contribution in [0.25, 0.3) is 10.2 Å². The van der Waals surface area contributed by atoms with Crippen LogP contribution in [0.1, 0.15) is 30.7 Å². The van der Waals surface area contributed by atoms with Gasteiger partial charge in [0, 0.05) is 4.88 Å². The molecular weight excluding hydrogens is 308 g/mol. The van der Waals surface area contributed by atoms with Crippen LogP contribution in [-0.2, 0) is 17.6 Å². The molecule has 0 amide bonds. The van der Waals surface area contributed by atoms with Crippen molar-refractivity contribution in [1.29, 1.82) is 0 Å². The third-order valence-electron chi connectivity index (χ3n) is 3.78. The molecule has 0 radical (unpaired) electrons. The fourth-order valence-corrected chi connectivity index (χ4v) is 4.78. The Labute approximate surface area is 129 Å². The van der Waals surface area contributed by atoms with E-state index >= 15 is 0 Å². The monoisotopic (exact) mass is 324 g/mol. The second kappa shape index (κ2) is 5.46. The molecule has 0 fully saturated rings. The van der Waals surface area contributed by atoms with Gasteiger partial charge in [0.05, 0.1) is 5.39 Å². The Kier molecular flexibility index (Phi) is 3.79. The predicted octanol–water partition coefficient (Wildman–Crippen LogP) is 2.67. The van der Waals surface area contributed by atoms with Crippen LogP contribution in [0.15, 0.2) is 9.95 Å². The van der Waals surface area contributed by atoms with Crippen LogP contribution >= 0.6 is 23.1 Å². The first-order valence-electron chi connectivity index (χ1n) is 6.89. The van der Waals surface area contributed by atoms with E-state index in [1.807, 2.05) is 0 Å². The number of rotatable bonds is 3. The summed E-state index contributed by atoms with van der Waals surface area (Å²) >= 11 is 2.64. The third kappa shape index (κ3) is 2.72. The van der Waals surface area contributed by atoms with E-state index < -0.39 is 11.2 Å². The van der Waals surface area contributed by atoms with Gasteiger partial charge in [0.2, 0.25) is 0 Å². The molecule has 7 heteroatoms. The molecule has 2 aromatic heterocycles. The van der Waals surface area contributed by atoms with E-state index in [2.05, 4.69) is 16.9 Å². The highest BCUT2D eigenvalue weighted by molar-refractivity contribution is 8.00. The van der Waals surface area contributed by atoms with Crippen LogP contribution in [0.3, 0.4) is 0 Å². The van der Waals surface area contributed by atoms with Gasteiger partial charge in [-0.3, -0.25) is 9.59 Å². The lowest BCUT2D eigenvalue weighted by Crippen LogP contribution is -2.16. The first-order chi connectivity index (χ1) is 9.95. The van der Waals surface area contributed by atoms with Gasteiger partial charge in [-0.25, -0.2) is 4.98 Å². The molecule has 3 rings (SSSR count). The van der Waals surface area contributed by atoms with E-state index in [4.69, 9.17) is 5.11 Å². The SMILES string of the molecule is C[C@H]1CCc2c(sc3nc(S[C@@H](C)C(=O)O)[nH]c(=O)c23)C1. The van der Waals surface area contributed by atoms with Crippen molar-refractivity contribution in [1.82, 2.24) is 9.97 Å². The Bertz CT molecular complexity index is 765. The summed E-state index contributed by atoms with van der Waals surface area (Å²) < 4.78 is 0. The number of carboxylic acids is 1. The molecule has 5 nitrogen and oxygen atoms in total. The highest BCUT2D eigenvalue weighted by Crippen LogP contribution is 2.36. The number of thiophene rings is 1. The Morgan fingerprint density at radius 2 is 2.33 bits per heavy atom. The van der Waals surface area contributed by atoms with Crippen LogP contribution in [0.5, 0.6) is 0 Å². The van der Waals surface area contributed by atoms with Crippen molar-refractivity contribution in [2.24, 2.45) is 5.92 Å². The summed E-state index contributed by atoms with van der Waals surface area (Å²) in [4.78, 5) is 32.4. The molecule has 0 aromatic carbocycles. The van der Waals surface area contributed by atoms with Crippen molar-refractivity contribution in [2.45, 2.75) is 43.5 Å². The number of aryl methyl sites for hydroxylation is 1. The Morgan fingerprint density at radius 1 is 1.57 bits per heavy atom. The molecule has 2 heterocycles. The highest BCUT2D eigenvalue weighted by atomic mass is 32.2. The number of H-pyrrole nitrogens is 1. The van der Waals surface area contributed by atoms with Gasteiger partial charge in [0.1, 0.15) is 10.1 Å². The quantitative estimate of drug-likeness (QED) is 0.670. The third-order valence-corrected chi connectivity index (χ3v) is 5.90. The van der Waals surface area contributed by atoms with Gasteiger partial charge >= 0.3 is 5.97 Å². The normalized spacial score (nSPS) is 19.4. The molecule has 2 atom stereocenters. The molecule has 0 aliphatic heterocycles. The minimum Gasteiger partial charge on any atom is -0.480 e. The van der Waals surface area contributed by atoms with Gasteiger partial charge in [0.25, 0.3) is 5.56 Å². The van der Waals surface area contributed by atoms with Crippen LogP contribution in [0, 0.1) is 5.92 Å². The second-order valence-electron chi connectivity index (χ2n) is 5.50. The molecule has 0 saturated carbocycles. The van der Waals surface area contributed by atoms with Gasteiger partial charge in [0.15, 0.2) is 5.16 Å². The second-order valence-corrected chi connectivity index (χ2v) is 7.91. The van der Waals surface area contributed by atoms with Crippen molar-refractivity contribution in [2.75, 3.05) is 0 Å². The predicted molar refractivity (Wildman–Crippen MR) is 84.4 cm³/mol. The molecule has 112 valence electrons. The largest absolute Gasteiger partial charge is 0.480 e. The van der Waals surface area contributed by atoms with Crippen molar-refractivity contribution in [3.05, 3.63) is 20.8 Å². The molecule has 1 aliphatic carbocycles. The van der Waals surface area contributed by atoms with Gasteiger partial charge in [-0.2, -0.15) is 0 Å². The number of aromatic nitrogens is 2. The Balaban J connectivity index is 2.05. The number of aliphatic carboxylic acids is 1. The van der Waals surface area contributed by atoms with Crippen molar-refractivity contribution >= 4 is 39.3 Å². The van der Waals surface area contributed by atoms with Crippen molar-refractivity contribution in [3.63, 3.8) is 0 Å². The zero-order chi connectivity index (χ0) is 15.1. The molecule has 2 N–H and O–H groups in total. The van der Waals surface area contributed by atoms with Crippen LogP contribution < -0.4 is 5.56 Å². The number of aromatic amines is 1. The van der Waals surface area contributed by atoms with Crippen LogP contribution in [0.4, 0.5) is 0 Å². The van der Waals surface area contributed by atoms with Gasteiger partial charge < -0.3 is 10.1 Å². The lowest BCUT2D eigenvalue weighted by Gasteiger charge is -2.17. The molecule has 0 unspecified atom stereocenters. The first-order valence-corrected chi connectivity index (χ1v) is 8.59. The topological polar surface area (TPSA) is 83.0 Å². The van der Waals surface area contributed by atoms with E-state index in [9.17, 15) is 9.59 Å². The zero-order valence-corrected chi connectivity index (χ0v) is 13.4. The van der Waals surface area contributed by atoms with E-state index in [0.29, 0.717) is 16.5 Å². The molecule has 2 aromatic rings. The van der Waals surface area contributed by atoms with Crippen molar-refractivity contribution in [3.8, 4) is 0 Å². The number of thioether (sulfide) groups is 1. The summed E-state index contributed by atoms with van der Waals surface area (Å²) in [5, 5.41) is 9.40. The fourth-order valence-electron chi connectivity index (χ4n) is 2.60. The number of nitrogens with one attached hydrogen (secondary N) is 1. The Morgan fingerprint density at radius 3 is 3.05 bits per heavy atom. The molecule has 0 spiro atoms. The average molecular weight is 324 g/mol. The number of nitrogens with zero attached hydrogens (tertiary/aromatic N) is 1. The maximum absolute atomic E-state index is 12.3. The molecule has 0 saturated heterocycles. The lowest BCUT2D eigenvalue weighted by molar-refractivity contribution is -0.136. The van der Waals surface area contributed by atoms with E-state index in [-0.39, 0.29) is 5.56 Å². The summed E-state index contributed by atoms with van der Waals surface area (Å²) in [6.45, 7) is 3.80. The smallest absolute Gasteiger partial charge is 0.316 e. The maximum atomic E-state index is 12.3. The minimum atomic E-state index is -0.915. The minimum absolute atomic E-state index is 0.146. The summed E-state index contributed by atoms with van der Waals surface area (Å²) in [5.74, 6) is -0.271. The standard InChI is InChI=1S/C14H16N2O3S2/c1-6-3-4-8-9(5-6)21-12-10(8)11(17)15-14(16-12)20-7(2)13(18)19/h6-7H,3-5H2,1-2H3,(H,18,19)(H,15,16,17)/t6-,7-/m0/s1. The van der Waals surface area contributed by atoms with Gasteiger partial charge in [-0.15, -0.1) is 11.3 Å². The van der Waals surface area contributed by atoms with E-state index in [1.54, 1.807) is 18.3 Å². The van der Waals surface area contributed by atoms with Crippen LogP contribution in [-0.4, -0.2) is 26.3 Å². The number of hydrogen-bond donors (Lipinski definition) is 2. The first kappa shape index (κ1) is 14.6. The van der Waals surface area contributed by atoms with Gasteiger partial charge in [-0.1, -0.05) is 18.7 Å². The maximum Gasteiger partial charge on any atom is 0.316 e. The molecule has 1 aliphatic rings. The summed E-state index contributed by atoms with van der Waals surface area (Å²) in [6, 6.07) is 0. The average Bonchev–Trinajstić information content (AvgIpc) is 2.75. The fraction of sp³-hybridized carbons (Fsp3) is 0.500. The molecule has 0 bridgehead atoms. The summed E-state index contributed by atoms with van der Waals surface area (Å²) in [5.41, 5.74) is 0.997. The van der Waals surface area contributed by atoms with E-state index in [1.165, 1.54) is 4.88 Å². The number of hydrogen-bond acceptors (Lipinski definition) is 5. The van der Waals surface area contributed by atoms with E-state index in [0.717, 1.165) is 41.4 Å². The lowest BCUT2D eigenvalue weighted by atomic mass is 9.89. The highest BCUT2D eigenvalue weighted by Gasteiger charge is 2.23. The summed E-state index contributed by atoms with van der Waals surface area (Å²) in [7, 11) is 0. The number of fused-ring (bicyclic) bond motifs is 3. The number of carboxylic acid groups (broad SMARTS) is 1. The van der Waals surface area contributed by atoms with Crippen LogP contribution in [0.2, 0.25) is 0 Å². The van der Waals surface area contributed by atoms with Crippen molar-refractivity contribution < 1.29 is 9.90 Å². The summed E-state index contributed by atoms with van der Waals surface area (Å²) in [6.07, 6.45) is 3.04. The number of carbonyl (C=O) groups is 1. The molecular formula is C14H16N2O3S2. The van der Waals surface area contributed by atoms with Gasteiger partial charge in [-0.05, 0) is 37.7 Å². The zero-order valence-electron chi connectivity index (χ0n) is 11.8.